The van der Waals surface area contributed by atoms with Crippen LogP contribution in [0.15, 0.2) is 27.7 Å². The fourth-order valence-electron chi connectivity index (χ4n) is 2.82. The number of nitrogens with zero attached hydrogens (tertiary/aromatic N) is 2. The molecule has 31 heavy (non-hydrogen) atoms. The molecule has 7 nitrogen and oxygen atoms in total. The third-order valence-electron chi connectivity index (χ3n) is 4.34. The average Bonchev–Trinajstić information content (AvgIpc) is 3.14. The van der Waals surface area contributed by atoms with Gasteiger partial charge in [-0.05, 0) is 24.1 Å². The molecule has 0 radical (unpaired) electrons. The largest absolute Gasteiger partial charge is 0.493 e. The van der Waals surface area contributed by atoms with Gasteiger partial charge in [0.25, 0.3) is 0 Å². The summed E-state index contributed by atoms with van der Waals surface area (Å²) < 4.78 is 52.4. The van der Waals surface area contributed by atoms with E-state index >= 15 is 0 Å². The van der Waals surface area contributed by atoms with Crippen LogP contribution >= 0.6 is 24.0 Å². The van der Waals surface area contributed by atoms with Crippen molar-refractivity contribution in [1.82, 2.24) is 15.8 Å². The number of hydrogen-bond donors (Lipinski definition) is 2. The summed E-state index contributed by atoms with van der Waals surface area (Å²) in [7, 11) is 3.03. The van der Waals surface area contributed by atoms with Gasteiger partial charge < -0.3 is 24.6 Å². The highest BCUT2D eigenvalue weighted by Gasteiger charge is 2.29. The van der Waals surface area contributed by atoms with Crippen molar-refractivity contribution < 1.29 is 27.2 Å². The fraction of sp³-hybridized carbons (Fsp3) is 0.500. The van der Waals surface area contributed by atoms with E-state index in [0.717, 1.165) is 35.4 Å². The minimum Gasteiger partial charge on any atom is -0.493 e. The van der Waals surface area contributed by atoms with Crippen LogP contribution in [0.2, 0.25) is 0 Å². The maximum absolute atomic E-state index is 12.4. The van der Waals surface area contributed by atoms with Gasteiger partial charge in [-0.15, -0.1) is 24.0 Å². The number of ether oxygens (including phenoxy) is 2. The molecule has 0 bridgehead atoms. The molecule has 0 aliphatic heterocycles. The Balaban J connectivity index is 0.00000480. The third-order valence-corrected chi connectivity index (χ3v) is 4.34. The molecule has 0 atom stereocenters. The van der Waals surface area contributed by atoms with Crippen molar-refractivity contribution in [3.8, 4) is 11.5 Å². The van der Waals surface area contributed by atoms with E-state index in [2.05, 4.69) is 20.8 Å². The predicted molar refractivity (Wildman–Crippen MR) is 122 cm³/mol. The summed E-state index contributed by atoms with van der Waals surface area (Å²) in [5.74, 6) is 1.67. The minimum atomic E-state index is -4.41. The molecule has 1 aromatic heterocycles. The number of aliphatic imine (C=N–C) groups is 1. The highest BCUT2D eigenvalue weighted by atomic mass is 127. The molecule has 2 N–H and O–H groups in total. The molecule has 0 aliphatic rings. The first-order valence-corrected chi connectivity index (χ1v) is 9.58. The highest BCUT2D eigenvalue weighted by Crippen LogP contribution is 2.29. The van der Waals surface area contributed by atoms with Crippen molar-refractivity contribution in [2.75, 3.05) is 20.8 Å². The summed E-state index contributed by atoms with van der Waals surface area (Å²) in [6.45, 7) is 3.55. The van der Waals surface area contributed by atoms with Crippen molar-refractivity contribution in [3.63, 3.8) is 0 Å². The number of benzene rings is 1. The zero-order valence-electron chi connectivity index (χ0n) is 17.9. The number of aromatic nitrogens is 1. The molecule has 11 heteroatoms. The van der Waals surface area contributed by atoms with E-state index in [1.165, 1.54) is 13.2 Å². The fourth-order valence-corrected chi connectivity index (χ4v) is 2.82. The maximum atomic E-state index is 12.4. The Morgan fingerprint density at radius 2 is 1.84 bits per heavy atom. The molecule has 1 heterocycles. The SMILES string of the molecule is CCc1noc(CC)c1CNC(=NC)NCc1ccc(OCC(F)(F)F)c(OC)c1.I. The monoisotopic (exact) mass is 556 g/mol. The Labute approximate surface area is 196 Å². The second-order valence-electron chi connectivity index (χ2n) is 6.41. The topological polar surface area (TPSA) is 80.9 Å². The number of halogens is 4. The molecule has 2 rings (SSSR count). The third kappa shape index (κ3) is 8.11. The lowest BCUT2D eigenvalue weighted by Gasteiger charge is -2.15. The Bertz CT molecular complexity index is 835. The van der Waals surface area contributed by atoms with Crippen LogP contribution in [-0.4, -0.2) is 38.1 Å². The molecule has 0 fully saturated rings. The Hall–Kier alpha value is -2.18. The van der Waals surface area contributed by atoms with Crippen LogP contribution in [0.3, 0.4) is 0 Å². The zero-order valence-corrected chi connectivity index (χ0v) is 20.3. The van der Waals surface area contributed by atoms with E-state index < -0.39 is 12.8 Å². The van der Waals surface area contributed by atoms with Gasteiger partial charge in [0.05, 0.1) is 12.8 Å². The van der Waals surface area contributed by atoms with Crippen LogP contribution < -0.4 is 20.1 Å². The van der Waals surface area contributed by atoms with Crippen molar-refractivity contribution >= 4 is 29.9 Å². The van der Waals surface area contributed by atoms with Gasteiger partial charge in [0.2, 0.25) is 0 Å². The van der Waals surface area contributed by atoms with Crippen LogP contribution in [0.1, 0.15) is 36.4 Å². The van der Waals surface area contributed by atoms with Crippen molar-refractivity contribution in [1.29, 1.82) is 0 Å². The van der Waals surface area contributed by atoms with Gasteiger partial charge in [-0.25, -0.2) is 0 Å². The second-order valence-corrected chi connectivity index (χ2v) is 6.41. The van der Waals surface area contributed by atoms with E-state index in [0.29, 0.717) is 19.0 Å². The number of methoxy groups -OCH3 is 1. The van der Waals surface area contributed by atoms with Crippen molar-refractivity contribution in [3.05, 3.63) is 40.8 Å². The lowest BCUT2D eigenvalue weighted by atomic mass is 10.1. The van der Waals surface area contributed by atoms with Gasteiger partial charge >= 0.3 is 6.18 Å². The summed E-state index contributed by atoms with van der Waals surface area (Å²) >= 11 is 0. The van der Waals surface area contributed by atoms with Gasteiger partial charge in [0, 0.05) is 32.1 Å². The maximum Gasteiger partial charge on any atom is 0.422 e. The molecule has 1 aromatic carbocycles. The van der Waals surface area contributed by atoms with E-state index in [1.54, 1.807) is 19.2 Å². The lowest BCUT2D eigenvalue weighted by Crippen LogP contribution is -2.36. The average molecular weight is 556 g/mol. The quantitative estimate of drug-likeness (QED) is 0.274. The number of rotatable bonds is 9. The highest BCUT2D eigenvalue weighted by molar-refractivity contribution is 14.0. The molecule has 2 aromatic rings. The zero-order chi connectivity index (χ0) is 22.1. The first-order chi connectivity index (χ1) is 14.3. The van der Waals surface area contributed by atoms with Crippen LogP contribution in [0.4, 0.5) is 13.2 Å². The molecule has 174 valence electrons. The Morgan fingerprint density at radius 3 is 2.42 bits per heavy atom. The summed E-state index contributed by atoms with van der Waals surface area (Å²) in [6, 6.07) is 4.74. The molecule has 0 unspecified atom stereocenters. The number of aryl methyl sites for hydroxylation is 2. The summed E-state index contributed by atoms with van der Waals surface area (Å²) in [6.07, 6.45) is -2.89. The standard InChI is InChI=1S/C20H27F3N4O3.HI/c1-5-15-14(16(6-2)30-27-15)11-26-19(24-3)25-10-13-7-8-17(18(9-13)28-4)29-12-20(21,22)23;/h7-9H,5-6,10-12H2,1-4H3,(H2,24,25,26);1H. The Morgan fingerprint density at radius 1 is 1.13 bits per heavy atom. The number of guanidine groups is 1. The molecule has 0 spiro atoms. The second kappa shape index (κ2) is 12.6. The van der Waals surface area contributed by atoms with E-state index in [-0.39, 0.29) is 35.5 Å². The van der Waals surface area contributed by atoms with Gasteiger partial charge in [0.15, 0.2) is 24.1 Å². The summed E-state index contributed by atoms with van der Waals surface area (Å²) in [5, 5.41) is 10.5. The van der Waals surface area contributed by atoms with E-state index in [9.17, 15) is 13.2 Å². The molecular formula is C20H28F3IN4O3. The molecule has 0 aliphatic carbocycles. The van der Waals surface area contributed by atoms with Gasteiger partial charge in [-0.2, -0.15) is 13.2 Å². The predicted octanol–water partition coefficient (Wildman–Crippen LogP) is 4.23. The molecular weight excluding hydrogens is 528 g/mol. The molecule has 0 saturated heterocycles. The normalized spacial score (nSPS) is 11.6. The first-order valence-electron chi connectivity index (χ1n) is 9.58. The lowest BCUT2D eigenvalue weighted by molar-refractivity contribution is -0.153. The summed E-state index contributed by atoms with van der Waals surface area (Å²) in [4.78, 5) is 4.19. The van der Waals surface area contributed by atoms with Gasteiger partial charge in [-0.1, -0.05) is 25.1 Å². The van der Waals surface area contributed by atoms with Gasteiger partial charge in [-0.3, -0.25) is 4.99 Å². The molecule has 0 amide bonds. The van der Waals surface area contributed by atoms with Crippen LogP contribution in [0.25, 0.3) is 0 Å². The number of hydrogen-bond acceptors (Lipinski definition) is 5. The van der Waals surface area contributed by atoms with Crippen molar-refractivity contribution in [2.45, 2.75) is 46.0 Å². The molecule has 0 saturated carbocycles. The Kier molecular flexibility index (Phi) is 10.9. The first kappa shape index (κ1) is 26.9. The number of alkyl halides is 3. The van der Waals surface area contributed by atoms with Gasteiger partial charge in [0.1, 0.15) is 5.76 Å². The van der Waals surface area contributed by atoms with E-state index in [1.807, 2.05) is 13.8 Å². The smallest absolute Gasteiger partial charge is 0.422 e. The minimum absolute atomic E-state index is 0. The van der Waals surface area contributed by atoms with Crippen LogP contribution in [-0.2, 0) is 25.9 Å². The van der Waals surface area contributed by atoms with E-state index in [4.69, 9.17) is 14.0 Å². The number of nitrogens with one attached hydrogen (secondary N) is 2. The van der Waals surface area contributed by atoms with Crippen LogP contribution in [0, 0.1) is 0 Å². The van der Waals surface area contributed by atoms with Crippen molar-refractivity contribution in [2.24, 2.45) is 4.99 Å². The summed E-state index contributed by atoms with van der Waals surface area (Å²) in [5.41, 5.74) is 2.73. The van der Waals surface area contributed by atoms with Crippen LogP contribution in [0.5, 0.6) is 11.5 Å².